The standard InChI is InChI=1S/2C12H4N4.2C12H6S3.2C7H8/c2*13-5-11(6-14)9-1-2-10(4-3-9)12(7-15)8-16;2*1-4-13-10-7(1)11-9(2-5-14-11)12-8(10)3-6-15-12;2*1-7-5-3-2-4-6-7/h2*1-4H;2*1-6H;2*2-6H,1H3. The van der Waals surface area contributed by atoms with Crippen LogP contribution in [0.2, 0.25) is 0 Å². The van der Waals surface area contributed by atoms with E-state index in [1.807, 2.05) is 104 Å². The van der Waals surface area contributed by atoms with E-state index in [0.29, 0.717) is 20.9 Å². The second-order valence-electron chi connectivity index (χ2n) is 15.8. The number of nitrogens with zero attached hydrogens (tertiary/aromatic N) is 8. The average Bonchev–Trinajstić information content (AvgIpc) is 4.34. The number of benzene rings is 6. The first-order valence-corrected chi connectivity index (χ1v) is 27.9. The molecule has 12 rings (SSSR count). The van der Waals surface area contributed by atoms with Gasteiger partial charge >= 0.3 is 0 Å². The molecule has 6 aromatic carbocycles. The van der Waals surface area contributed by atoms with Crippen LogP contribution in [0.4, 0.5) is 0 Å². The van der Waals surface area contributed by atoms with Crippen LogP contribution in [-0.2, 0) is 0 Å². The molecule has 12 aromatic rings. The van der Waals surface area contributed by atoms with E-state index in [2.05, 4.69) is 107 Å². The van der Waals surface area contributed by atoms with Crippen molar-refractivity contribution >= 4 is 151 Å². The molecule has 6 aromatic heterocycles. The van der Waals surface area contributed by atoms with E-state index in [4.69, 9.17) is 42.1 Å². The average molecular weight is 1090 g/mol. The zero-order valence-corrected chi connectivity index (χ0v) is 45.2. The van der Waals surface area contributed by atoms with Gasteiger partial charge in [-0.05, 0) is 82.5 Å². The molecule has 0 bridgehead atoms. The topological polar surface area (TPSA) is 190 Å². The molecule has 0 spiro atoms. The lowest BCUT2D eigenvalue weighted by atomic mass is 10.1. The van der Waals surface area contributed by atoms with Crippen LogP contribution in [0.5, 0.6) is 0 Å². The summed E-state index contributed by atoms with van der Waals surface area (Å²) in [6, 6.07) is 60.4. The predicted octanol–water partition coefficient (Wildman–Crippen LogP) is 14.8. The molecule has 0 aliphatic rings. The van der Waals surface area contributed by atoms with Gasteiger partial charge in [-0.1, -0.05) is 120 Å². The molecule has 0 N–H and O–H groups in total. The van der Waals surface area contributed by atoms with E-state index in [9.17, 15) is 0 Å². The third-order valence-electron chi connectivity index (χ3n) is 11.2. The Hall–Kier alpha value is -9.52. The van der Waals surface area contributed by atoms with Crippen LogP contribution < -0.4 is 20.9 Å². The summed E-state index contributed by atoms with van der Waals surface area (Å²) in [5.41, 5.74) is 2.65. The fourth-order valence-corrected chi connectivity index (χ4v) is 13.5. The van der Waals surface area contributed by atoms with Crippen LogP contribution in [0.15, 0.2) is 178 Å². The Labute approximate surface area is 461 Å². The Bertz CT molecular complexity index is 3740. The Morgan fingerprint density at radius 3 is 0.553 bits per heavy atom. The molecule has 0 radical (unpaired) electrons. The van der Waals surface area contributed by atoms with Crippen molar-refractivity contribution in [2.75, 3.05) is 0 Å². The summed E-state index contributed by atoms with van der Waals surface area (Å²) in [7, 11) is 0. The zero-order valence-electron chi connectivity index (χ0n) is 40.3. The Kier molecular flexibility index (Phi) is 19.3. The summed E-state index contributed by atoms with van der Waals surface area (Å²) in [6.45, 7) is 4.17. The summed E-state index contributed by atoms with van der Waals surface area (Å²) in [4.78, 5) is 0. The van der Waals surface area contributed by atoms with Gasteiger partial charge < -0.3 is 0 Å². The Morgan fingerprint density at radius 2 is 0.421 bits per heavy atom. The lowest BCUT2D eigenvalue weighted by Crippen LogP contribution is -2.11. The van der Waals surface area contributed by atoms with Crippen LogP contribution in [0.1, 0.15) is 11.1 Å². The van der Waals surface area contributed by atoms with Gasteiger partial charge in [0.2, 0.25) is 0 Å². The maximum absolute atomic E-state index is 8.63. The number of rotatable bonds is 0. The smallest absolute Gasteiger partial charge is 0.136 e. The first-order chi connectivity index (χ1) is 37.2. The van der Waals surface area contributed by atoms with Crippen molar-refractivity contribution in [3.63, 3.8) is 0 Å². The Balaban J connectivity index is 0.000000136. The zero-order chi connectivity index (χ0) is 53.8. The number of nitriles is 8. The minimum absolute atomic E-state index is 0.00187. The molecule has 8 nitrogen and oxygen atoms in total. The SMILES string of the molecule is Cc1ccccc1.Cc1ccccc1.N#CC(C#N)=c1ccc(=C(C#N)C#N)cc1.N#CC(C#N)=c1ccc(=C(C#N)C#N)cc1.c1cc2c(s1)c1ccsc1c1ccsc21.c1cc2c(s1)c1ccsc1c1ccsc21. The number of hydrogen-bond donors (Lipinski definition) is 0. The van der Waals surface area contributed by atoms with Gasteiger partial charge in [0.15, 0.2) is 0 Å². The normalized spacial score (nSPS) is 9.61. The molecule has 0 fully saturated rings. The van der Waals surface area contributed by atoms with E-state index < -0.39 is 0 Å². The van der Waals surface area contributed by atoms with Gasteiger partial charge in [-0.2, -0.15) is 42.1 Å². The van der Waals surface area contributed by atoms with Gasteiger partial charge in [0.25, 0.3) is 0 Å². The maximum atomic E-state index is 8.63. The monoisotopic (exact) mass is 1080 g/mol. The third kappa shape index (κ3) is 12.8. The molecule has 0 aliphatic carbocycles. The van der Waals surface area contributed by atoms with Crippen molar-refractivity contribution in [1.82, 2.24) is 0 Å². The van der Waals surface area contributed by atoms with Crippen molar-refractivity contribution in [1.29, 1.82) is 42.1 Å². The summed E-state index contributed by atoms with van der Waals surface area (Å²) in [5, 5.41) is 92.7. The van der Waals surface area contributed by atoms with Crippen LogP contribution in [0, 0.1) is 104 Å². The highest BCUT2D eigenvalue weighted by molar-refractivity contribution is 7.26. The highest BCUT2D eigenvalue weighted by Gasteiger charge is 2.12. The van der Waals surface area contributed by atoms with Gasteiger partial charge in [0.05, 0.1) is 0 Å². The minimum atomic E-state index is 0.00187. The molecule has 76 heavy (non-hydrogen) atoms. The fourth-order valence-electron chi connectivity index (χ4n) is 7.47. The van der Waals surface area contributed by atoms with Crippen molar-refractivity contribution < 1.29 is 0 Å². The van der Waals surface area contributed by atoms with Crippen LogP contribution >= 0.6 is 68.0 Å². The first-order valence-electron chi connectivity index (χ1n) is 22.6. The van der Waals surface area contributed by atoms with E-state index in [-0.39, 0.29) is 22.3 Å². The third-order valence-corrected chi connectivity index (χ3v) is 16.8. The van der Waals surface area contributed by atoms with E-state index in [1.165, 1.54) is 120 Å². The highest BCUT2D eigenvalue weighted by atomic mass is 32.1. The summed E-state index contributed by atoms with van der Waals surface area (Å²) in [5.74, 6) is 0. The number of aryl methyl sites for hydroxylation is 2. The van der Waals surface area contributed by atoms with E-state index in [0.717, 1.165) is 0 Å². The molecular formula is C62H36N8S6. The quantitative estimate of drug-likeness (QED) is 0.143. The fraction of sp³-hybridized carbons (Fsp3) is 0.0323. The number of thiophene rings is 6. The minimum Gasteiger partial charge on any atom is -0.192 e. The summed E-state index contributed by atoms with van der Waals surface area (Å²) in [6.07, 6.45) is 0. The van der Waals surface area contributed by atoms with E-state index in [1.54, 1.807) is 48.6 Å². The molecule has 0 aliphatic heterocycles. The summed E-state index contributed by atoms with van der Waals surface area (Å²) < 4.78 is 8.67. The second kappa shape index (κ2) is 27.0. The van der Waals surface area contributed by atoms with Crippen molar-refractivity contribution in [3.05, 3.63) is 210 Å². The molecule has 0 amide bonds. The lowest BCUT2D eigenvalue weighted by Gasteiger charge is -1.96. The van der Waals surface area contributed by atoms with E-state index >= 15 is 0 Å². The van der Waals surface area contributed by atoms with Gasteiger partial charge in [0.1, 0.15) is 70.8 Å². The molecule has 360 valence electrons. The first kappa shape index (κ1) is 54.3. The van der Waals surface area contributed by atoms with Crippen molar-refractivity contribution in [2.45, 2.75) is 13.8 Å². The van der Waals surface area contributed by atoms with Crippen LogP contribution in [0.25, 0.3) is 82.8 Å². The molecule has 0 saturated heterocycles. The molecule has 0 unspecified atom stereocenters. The largest absolute Gasteiger partial charge is 0.192 e. The van der Waals surface area contributed by atoms with Gasteiger partial charge in [0, 0.05) is 81.4 Å². The van der Waals surface area contributed by atoms with Crippen LogP contribution in [0.3, 0.4) is 0 Å². The second-order valence-corrected chi connectivity index (χ2v) is 21.3. The molecular weight excluding hydrogens is 1050 g/mol. The maximum Gasteiger partial charge on any atom is 0.136 e. The lowest BCUT2D eigenvalue weighted by molar-refractivity contribution is 1.46. The van der Waals surface area contributed by atoms with Crippen molar-refractivity contribution in [3.8, 4) is 48.6 Å². The molecule has 6 heterocycles. The molecule has 0 saturated carbocycles. The van der Waals surface area contributed by atoms with Gasteiger partial charge in [-0.15, -0.1) is 68.0 Å². The predicted molar refractivity (Wildman–Crippen MR) is 317 cm³/mol. The summed E-state index contributed by atoms with van der Waals surface area (Å²) >= 11 is 11.1. The molecule has 14 heteroatoms. The molecule has 0 atom stereocenters. The van der Waals surface area contributed by atoms with Crippen LogP contribution in [-0.4, -0.2) is 0 Å². The number of fused-ring (bicyclic) bond motifs is 12. The van der Waals surface area contributed by atoms with Gasteiger partial charge in [-0.3, -0.25) is 0 Å². The highest BCUT2D eigenvalue weighted by Crippen LogP contribution is 2.43. The van der Waals surface area contributed by atoms with Gasteiger partial charge in [-0.25, -0.2) is 0 Å². The van der Waals surface area contributed by atoms with Crippen molar-refractivity contribution in [2.24, 2.45) is 0 Å². The number of hydrogen-bond acceptors (Lipinski definition) is 14. The Morgan fingerprint density at radius 1 is 0.250 bits per heavy atom.